The molecule has 0 spiro atoms. The molecule has 0 aliphatic carbocycles. The van der Waals surface area contributed by atoms with Gasteiger partial charge in [0.2, 0.25) is 0 Å². The zero-order chi connectivity index (χ0) is 9.14. The second-order valence-electron chi connectivity index (χ2n) is 2.20. The number of benzene rings is 1. The van der Waals surface area contributed by atoms with E-state index in [9.17, 15) is 9.18 Å². The van der Waals surface area contributed by atoms with Gasteiger partial charge in [0.15, 0.2) is 5.78 Å². The number of allylic oxidation sites excluding steroid dienone is 1. The molecule has 0 aromatic heterocycles. The van der Waals surface area contributed by atoms with E-state index in [0.717, 1.165) is 0 Å². The zero-order valence-electron chi connectivity index (χ0n) is 6.18. The molecule has 0 aliphatic heterocycles. The molecule has 0 unspecified atom stereocenters. The van der Waals surface area contributed by atoms with Crippen molar-refractivity contribution in [2.24, 2.45) is 0 Å². The number of carbonyl (C=O) groups excluding carboxylic acids is 1. The van der Waals surface area contributed by atoms with Crippen LogP contribution in [0.3, 0.4) is 0 Å². The second-order valence-corrected chi connectivity index (χ2v) is 3.36. The molecule has 1 aromatic carbocycles. The van der Waals surface area contributed by atoms with Crippen molar-refractivity contribution < 1.29 is 9.18 Å². The summed E-state index contributed by atoms with van der Waals surface area (Å²) in [6, 6.07) is 4.22. The van der Waals surface area contributed by atoms with E-state index in [0.29, 0.717) is 9.13 Å². The molecule has 0 saturated carbocycles. The van der Waals surface area contributed by atoms with Gasteiger partial charge in [0.25, 0.3) is 0 Å². The first kappa shape index (κ1) is 9.38. The van der Waals surface area contributed by atoms with Crippen LogP contribution in [-0.2, 0) is 0 Å². The molecular weight excluding hydrogens is 270 g/mol. The van der Waals surface area contributed by atoms with E-state index in [4.69, 9.17) is 0 Å². The first-order valence-electron chi connectivity index (χ1n) is 3.27. The molecule has 0 bridgehead atoms. The molecule has 0 N–H and O–H groups in total. The summed E-state index contributed by atoms with van der Waals surface area (Å²) in [5, 5.41) is 0. The lowest BCUT2D eigenvalue weighted by atomic mass is 10.1. The number of carbonyl (C=O) groups is 1. The Morgan fingerprint density at radius 1 is 1.58 bits per heavy atom. The highest BCUT2D eigenvalue weighted by Crippen LogP contribution is 2.13. The SMILES string of the molecule is C=CC(=O)c1ccc(F)c(I)c1. The van der Waals surface area contributed by atoms with Crippen molar-refractivity contribution in [1.82, 2.24) is 0 Å². The molecule has 0 fully saturated rings. The Balaban J connectivity index is 3.13. The predicted octanol–water partition coefficient (Wildman–Crippen LogP) is 2.80. The summed E-state index contributed by atoms with van der Waals surface area (Å²) in [5.74, 6) is -0.496. The normalized spacial score (nSPS) is 9.50. The molecular formula is C9H6FIO. The monoisotopic (exact) mass is 276 g/mol. The van der Waals surface area contributed by atoms with Crippen molar-refractivity contribution in [3.8, 4) is 0 Å². The van der Waals surface area contributed by atoms with Crippen LogP contribution >= 0.6 is 22.6 Å². The minimum absolute atomic E-state index is 0.187. The Bertz CT molecular complexity index is 333. The number of ketones is 1. The van der Waals surface area contributed by atoms with Gasteiger partial charge in [-0.3, -0.25) is 4.79 Å². The summed E-state index contributed by atoms with van der Waals surface area (Å²) >= 11 is 1.84. The lowest BCUT2D eigenvalue weighted by Crippen LogP contribution is -1.95. The van der Waals surface area contributed by atoms with Crippen LogP contribution in [-0.4, -0.2) is 5.78 Å². The van der Waals surface area contributed by atoms with E-state index >= 15 is 0 Å². The molecule has 1 aromatic rings. The Kier molecular flexibility index (Phi) is 2.97. The van der Waals surface area contributed by atoms with Crippen molar-refractivity contribution in [1.29, 1.82) is 0 Å². The minimum Gasteiger partial charge on any atom is -0.289 e. The van der Waals surface area contributed by atoms with E-state index < -0.39 is 0 Å². The van der Waals surface area contributed by atoms with Gasteiger partial charge in [-0.25, -0.2) is 4.39 Å². The third kappa shape index (κ3) is 1.91. The third-order valence-electron chi connectivity index (χ3n) is 1.39. The molecule has 0 amide bonds. The average molecular weight is 276 g/mol. The highest BCUT2D eigenvalue weighted by Gasteiger charge is 2.04. The van der Waals surface area contributed by atoms with Gasteiger partial charge in [-0.15, -0.1) is 0 Å². The van der Waals surface area contributed by atoms with Crippen LogP contribution < -0.4 is 0 Å². The zero-order valence-corrected chi connectivity index (χ0v) is 8.34. The van der Waals surface area contributed by atoms with Gasteiger partial charge in [-0.1, -0.05) is 6.58 Å². The fourth-order valence-corrected chi connectivity index (χ4v) is 1.28. The van der Waals surface area contributed by atoms with Crippen LogP contribution in [0.2, 0.25) is 0 Å². The standard InChI is InChI=1S/C9H6FIO/c1-2-9(12)6-3-4-7(10)8(11)5-6/h2-5H,1H2. The fraction of sp³-hybridized carbons (Fsp3) is 0. The lowest BCUT2D eigenvalue weighted by Gasteiger charge is -1.97. The molecule has 12 heavy (non-hydrogen) atoms. The summed E-state index contributed by atoms with van der Waals surface area (Å²) in [5.41, 5.74) is 0.468. The molecule has 0 saturated heterocycles. The van der Waals surface area contributed by atoms with E-state index in [1.807, 2.05) is 22.6 Å². The minimum atomic E-state index is -0.309. The summed E-state index contributed by atoms with van der Waals surface area (Å²) < 4.78 is 13.2. The number of halogens is 2. The van der Waals surface area contributed by atoms with Gasteiger partial charge in [0.1, 0.15) is 5.82 Å². The molecule has 1 nitrogen and oxygen atoms in total. The summed E-state index contributed by atoms with van der Waals surface area (Å²) in [4.78, 5) is 11.0. The van der Waals surface area contributed by atoms with E-state index in [1.54, 1.807) is 0 Å². The van der Waals surface area contributed by atoms with E-state index in [1.165, 1.54) is 24.3 Å². The van der Waals surface area contributed by atoms with Crippen molar-refractivity contribution >= 4 is 28.4 Å². The van der Waals surface area contributed by atoms with E-state index in [2.05, 4.69) is 6.58 Å². The third-order valence-corrected chi connectivity index (χ3v) is 2.22. The Labute approximate surface area is 83.4 Å². The Morgan fingerprint density at radius 3 is 2.75 bits per heavy atom. The summed E-state index contributed by atoms with van der Waals surface area (Å²) in [6.07, 6.45) is 1.21. The van der Waals surface area contributed by atoms with Crippen LogP contribution in [0.4, 0.5) is 4.39 Å². The molecule has 62 valence electrons. The van der Waals surface area contributed by atoms with Gasteiger partial charge >= 0.3 is 0 Å². The van der Waals surface area contributed by atoms with E-state index in [-0.39, 0.29) is 11.6 Å². The maximum atomic E-state index is 12.7. The predicted molar refractivity (Wildman–Crippen MR) is 53.6 cm³/mol. The van der Waals surface area contributed by atoms with Gasteiger partial charge in [-0.2, -0.15) is 0 Å². The highest BCUT2D eigenvalue weighted by atomic mass is 127. The van der Waals surface area contributed by atoms with Crippen LogP contribution in [0.1, 0.15) is 10.4 Å². The second kappa shape index (κ2) is 3.80. The fourth-order valence-electron chi connectivity index (χ4n) is 0.767. The topological polar surface area (TPSA) is 17.1 Å². The van der Waals surface area contributed by atoms with Gasteiger partial charge in [0.05, 0.1) is 0 Å². The first-order valence-corrected chi connectivity index (χ1v) is 4.35. The molecule has 0 heterocycles. The quantitative estimate of drug-likeness (QED) is 0.461. The number of hydrogen-bond acceptors (Lipinski definition) is 1. The van der Waals surface area contributed by atoms with Crippen molar-refractivity contribution in [2.75, 3.05) is 0 Å². The molecule has 0 atom stereocenters. The van der Waals surface area contributed by atoms with Crippen molar-refractivity contribution in [3.63, 3.8) is 0 Å². The van der Waals surface area contributed by atoms with Crippen LogP contribution in [0.5, 0.6) is 0 Å². The highest BCUT2D eigenvalue weighted by molar-refractivity contribution is 14.1. The Hall–Kier alpha value is -0.710. The average Bonchev–Trinajstić information content (AvgIpc) is 2.08. The van der Waals surface area contributed by atoms with Gasteiger partial charge in [-0.05, 0) is 46.9 Å². The molecule has 0 aliphatic rings. The largest absolute Gasteiger partial charge is 0.289 e. The van der Waals surface area contributed by atoms with Crippen molar-refractivity contribution in [3.05, 3.63) is 45.8 Å². The van der Waals surface area contributed by atoms with Crippen molar-refractivity contribution in [2.45, 2.75) is 0 Å². The number of rotatable bonds is 2. The number of hydrogen-bond donors (Lipinski definition) is 0. The lowest BCUT2D eigenvalue weighted by molar-refractivity contribution is 0.104. The molecule has 0 radical (unpaired) electrons. The first-order chi connectivity index (χ1) is 5.65. The summed E-state index contributed by atoms with van der Waals surface area (Å²) in [7, 11) is 0. The maximum absolute atomic E-state index is 12.7. The molecule has 1 rings (SSSR count). The van der Waals surface area contributed by atoms with Gasteiger partial charge in [0, 0.05) is 9.13 Å². The Morgan fingerprint density at radius 2 is 2.25 bits per heavy atom. The smallest absolute Gasteiger partial charge is 0.185 e. The van der Waals surface area contributed by atoms with Gasteiger partial charge < -0.3 is 0 Å². The van der Waals surface area contributed by atoms with Crippen LogP contribution in [0, 0.1) is 9.39 Å². The maximum Gasteiger partial charge on any atom is 0.185 e. The molecule has 3 heteroatoms. The van der Waals surface area contributed by atoms with Crippen LogP contribution in [0.25, 0.3) is 0 Å². The summed E-state index contributed by atoms with van der Waals surface area (Å²) in [6.45, 7) is 3.34. The van der Waals surface area contributed by atoms with Crippen LogP contribution in [0.15, 0.2) is 30.9 Å².